The minimum absolute atomic E-state index is 0.654. The number of fused-ring (bicyclic) bond motifs is 1. The van der Waals surface area contributed by atoms with E-state index in [0.717, 1.165) is 19.0 Å². The monoisotopic (exact) mass is 139 g/mol. The molecule has 2 aliphatic rings. The minimum Gasteiger partial charge on any atom is -0.477 e. The Morgan fingerprint density at radius 1 is 1.50 bits per heavy atom. The summed E-state index contributed by atoms with van der Waals surface area (Å²) >= 11 is 0. The molecule has 0 aromatic rings. The van der Waals surface area contributed by atoms with Gasteiger partial charge in [-0.25, -0.2) is 0 Å². The summed E-state index contributed by atoms with van der Waals surface area (Å²) in [5.41, 5.74) is 0. The number of hydrogen-bond donors (Lipinski definition) is 0. The zero-order valence-electron chi connectivity index (χ0n) is 6.18. The third-order valence-electron chi connectivity index (χ3n) is 2.39. The zero-order valence-corrected chi connectivity index (χ0v) is 6.18. The standard InChI is InChI=1S/C8H13NO/c1-7-9-5-3-2-4-8(9)6-10-7/h8H,1-6H2. The molecule has 0 aromatic carbocycles. The molecule has 2 heterocycles. The van der Waals surface area contributed by atoms with Crippen LogP contribution in [-0.2, 0) is 4.74 Å². The summed E-state index contributed by atoms with van der Waals surface area (Å²) in [4.78, 5) is 2.30. The van der Waals surface area contributed by atoms with Crippen molar-refractivity contribution in [3.05, 3.63) is 12.5 Å². The largest absolute Gasteiger partial charge is 0.477 e. The molecule has 1 atom stereocenters. The lowest BCUT2D eigenvalue weighted by atomic mass is 10.0. The summed E-state index contributed by atoms with van der Waals surface area (Å²) in [5, 5.41) is 0. The molecular formula is C8H13NO. The Balaban J connectivity index is 2.08. The van der Waals surface area contributed by atoms with Gasteiger partial charge in [-0.1, -0.05) is 0 Å². The molecule has 0 radical (unpaired) electrons. The predicted octanol–water partition coefficient (Wildman–Crippen LogP) is 1.34. The molecule has 0 spiro atoms. The summed E-state index contributed by atoms with van der Waals surface area (Å²) in [6, 6.07) is 0.654. The second kappa shape index (κ2) is 2.19. The van der Waals surface area contributed by atoms with E-state index in [1.165, 1.54) is 19.3 Å². The fourth-order valence-corrected chi connectivity index (χ4v) is 1.78. The molecule has 10 heavy (non-hydrogen) atoms. The first-order valence-corrected chi connectivity index (χ1v) is 3.96. The normalized spacial score (nSPS) is 31.8. The maximum absolute atomic E-state index is 5.33. The van der Waals surface area contributed by atoms with Crippen molar-refractivity contribution in [2.45, 2.75) is 25.3 Å². The van der Waals surface area contributed by atoms with Crippen molar-refractivity contribution in [2.75, 3.05) is 13.2 Å². The van der Waals surface area contributed by atoms with Crippen LogP contribution in [0.4, 0.5) is 0 Å². The van der Waals surface area contributed by atoms with E-state index in [0.29, 0.717) is 6.04 Å². The Bertz CT molecular complexity index is 155. The van der Waals surface area contributed by atoms with E-state index in [-0.39, 0.29) is 0 Å². The molecule has 0 saturated carbocycles. The second-order valence-corrected chi connectivity index (χ2v) is 3.05. The SMILES string of the molecule is C=C1OCC2CCCCN12. The summed E-state index contributed by atoms with van der Waals surface area (Å²) in [5.74, 6) is 0.893. The zero-order chi connectivity index (χ0) is 6.97. The molecule has 2 fully saturated rings. The Kier molecular flexibility index (Phi) is 1.33. The number of rotatable bonds is 0. The highest BCUT2D eigenvalue weighted by Crippen LogP contribution is 2.26. The van der Waals surface area contributed by atoms with E-state index >= 15 is 0 Å². The van der Waals surface area contributed by atoms with E-state index < -0.39 is 0 Å². The van der Waals surface area contributed by atoms with Crippen LogP contribution in [0, 0.1) is 0 Å². The summed E-state index contributed by atoms with van der Waals surface area (Å²) in [7, 11) is 0. The summed E-state index contributed by atoms with van der Waals surface area (Å²) in [6.45, 7) is 5.87. The molecule has 2 rings (SSSR count). The van der Waals surface area contributed by atoms with Gasteiger partial charge in [-0.3, -0.25) is 0 Å². The van der Waals surface area contributed by atoms with Gasteiger partial charge in [-0.05, 0) is 25.8 Å². The lowest BCUT2D eigenvalue weighted by Gasteiger charge is -2.28. The van der Waals surface area contributed by atoms with Gasteiger partial charge in [0.05, 0.1) is 6.04 Å². The molecule has 2 heteroatoms. The molecule has 56 valence electrons. The highest BCUT2D eigenvalue weighted by Gasteiger charge is 2.29. The van der Waals surface area contributed by atoms with E-state index in [4.69, 9.17) is 4.74 Å². The van der Waals surface area contributed by atoms with Gasteiger partial charge in [0.25, 0.3) is 0 Å². The first-order chi connectivity index (χ1) is 4.88. The first kappa shape index (κ1) is 6.08. The third kappa shape index (κ3) is 0.789. The molecule has 0 N–H and O–H groups in total. The van der Waals surface area contributed by atoms with Crippen LogP contribution in [0.3, 0.4) is 0 Å². The number of piperidine rings is 1. The summed E-state index contributed by atoms with van der Waals surface area (Å²) < 4.78 is 5.33. The third-order valence-corrected chi connectivity index (χ3v) is 2.39. The Morgan fingerprint density at radius 2 is 2.40 bits per heavy atom. The van der Waals surface area contributed by atoms with Crippen LogP contribution in [0.5, 0.6) is 0 Å². The molecule has 0 aromatic heterocycles. The van der Waals surface area contributed by atoms with Gasteiger partial charge in [0, 0.05) is 6.54 Å². The van der Waals surface area contributed by atoms with Crippen molar-refractivity contribution >= 4 is 0 Å². The van der Waals surface area contributed by atoms with Crippen LogP contribution in [0.15, 0.2) is 12.5 Å². The summed E-state index contributed by atoms with van der Waals surface area (Å²) in [6.07, 6.45) is 3.95. The molecule has 0 aliphatic carbocycles. The molecule has 0 bridgehead atoms. The molecule has 2 saturated heterocycles. The maximum atomic E-state index is 5.33. The minimum atomic E-state index is 0.654. The second-order valence-electron chi connectivity index (χ2n) is 3.05. The van der Waals surface area contributed by atoms with E-state index in [1.54, 1.807) is 0 Å². The maximum Gasteiger partial charge on any atom is 0.182 e. The van der Waals surface area contributed by atoms with E-state index in [2.05, 4.69) is 11.5 Å². The van der Waals surface area contributed by atoms with Gasteiger partial charge < -0.3 is 9.64 Å². The van der Waals surface area contributed by atoms with E-state index in [9.17, 15) is 0 Å². The van der Waals surface area contributed by atoms with Crippen molar-refractivity contribution in [3.8, 4) is 0 Å². The Hall–Kier alpha value is -0.660. The van der Waals surface area contributed by atoms with Gasteiger partial charge in [-0.2, -0.15) is 0 Å². The van der Waals surface area contributed by atoms with Gasteiger partial charge in [0.15, 0.2) is 5.88 Å². The Labute approximate surface area is 61.5 Å². The van der Waals surface area contributed by atoms with Crippen LogP contribution in [-0.4, -0.2) is 24.1 Å². The van der Waals surface area contributed by atoms with Crippen LogP contribution in [0.2, 0.25) is 0 Å². The average molecular weight is 139 g/mol. The van der Waals surface area contributed by atoms with Gasteiger partial charge >= 0.3 is 0 Å². The topological polar surface area (TPSA) is 12.5 Å². The van der Waals surface area contributed by atoms with Crippen LogP contribution in [0.25, 0.3) is 0 Å². The Morgan fingerprint density at radius 3 is 3.20 bits per heavy atom. The van der Waals surface area contributed by atoms with Gasteiger partial charge in [-0.15, -0.1) is 0 Å². The predicted molar refractivity (Wildman–Crippen MR) is 39.4 cm³/mol. The van der Waals surface area contributed by atoms with Crippen molar-refractivity contribution < 1.29 is 4.74 Å². The molecule has 2 aliphatic heterocycles. The fourth-order valence-electron chi connectivity index (χ4n) is 1.78. The van der Waals surface area contributed by atoms with Gasteiger partial charge in [0.1, 0.15) is 6.61 Å². The van der Waals surface area contributed by atoms with Crippen LogP contribution >= 0.6 is 0 Å². The van der Waals surface area contributed by atoms with E-state index in [1.807, 2.05) is 0 Å². The highest BCUT2D eigenvalue weighted by molar-refractivity contribution is 4.96. The highest BCUT2D eigenvalue weighted by atomic mass is 16.5. The average Bonchev–Trinajstić information content (AvgIpc) is 2.34. The number of ether oxygens (including phenoxy) is 1. The fraction of sp³-hybridized carbons (Fsp3) is 0.750. The quantitative estimate of drug-likeness (QED) is 0.502. The van der Waals surface area contributed by atoms with Gasteiger partial charge in [0.2, 0.25) is 0 Å². The molecular weight excluding hydrogens is 126 g/mol. The molecule has 0 amide bonds. The first-order valence-electron chi connectivity index (χ1n) is 3.96. The van der Waals surface area contributed by atoms with Crippen molar-refractivity contribution in [3.63, 3.8) is 0 Å². The molecule has 2 nitrogen and oxygen atoms in total. The van der Waals surface area contributed by atoms with Crippen molar-refractivity contribution in [1.82, 2.24) is 4.90 Å². The number of nitrogens with zero attached hydrogens (tertiary/aromatic N) is 1. The number of hydrogen-bond acceptors (Lipinski definition) is 2. The molecule has 1 unspecified atom stereocenters. The smallest absolute Gasteiger partial charge is 0.182 e. The lowest BCUT2D eigenvalue weighted by Crippen LogP contribution is -2.34. The van der Waals surface area contributed by atoms with Crippen molar-refractivity contribution in [1.29, 1.82) is 0 Å². The van der Waals surface area contributed by atoms with Crippen LogP contribution in [0.1, 0.15) is 19.3 Å². The van der Waals surface area contributed by atoms with Crippen LogP contribution < -0.4 is 0 Å². The lowest BCUT2D eigenvalue weighted by molar-refractivity contribution is 0.223. The van der Waals surface area contributed by atoms with Crippen molar-refractivity contribution in [2.24, 2.45) is 0 Å².